The fourth-order valence-corrected chi connectivity index (χ4v) is 3.42. The third-order valence-corrected chi connectivity index (χ3v) is 5.22. The fourth-order valence-electron chi connectivity index (χ4n) is 1.60. The molecule has 0 fully saturated rings. The van der Waals surface area contributed by atoms with E-state index in [-0.39, 0.29) is 30.8 Å². The first kappa shape index (κ1) is 16.6. The first-order valence-electron chi connectivity index (χ1n) is 5.95. The fraction of sp³-hybridized carbons (Fsp3) is 0.385. The molecule has 5 nitrogen and oxygen atoms in total. The molecule has 0 aromatic heterocycles. The molecule has 20 heavy (non-hydrogen) atoms. The number of sulfonamides is 1. The topological polar surface area (TPSA) is 85.0 Å². The van der Waals surface area contributed by atoms with Crippen LogP contribution in [0.25, 0.3) is 0 Å². The molecule has 0 spiro atoms. The van der Waals surface area contributed by atoms with Crippen LogP contribution in [0.2, 0.25) is 0 Å². The maximum atomic E-state index is 12.4. The summed E-state index contributed by atoms with van der Waals surface area (Å²) in [6.45, 7) is 0.196. The Morgan fingerprint density at radius 1 is 1.05 bits per heavy atom. The Morgan fingerprint density at radius 3 is 1.95 bits per heavy atom. The Morgan fingerprint density at radius 2 is 1.55 bits per heavy atom. The second-order valence-electron chi connectivity index (χ2n) is 4.00. The summed E-state index contributed by atoms with van der Waals surface area (Å²) in [5.41, 5.74) is 0.976. The number of alkyl halides is 1. The van der Waals surface area contributed by atoms with Gasteiger partial charge in [-0.15, -0.1) is 0 Å². The summed E-state index contributed by atoms with van der Waals surface area (Å²) >= 11 is 3.30. The Bertz CT molecular complexity index is 597. The lowest BCUT2D eigenvalue weighted by molar-refractivity contribution is 0.425. The second-order valence-corrected chi connectivity index (χ2v) is 6.50. The monoisotopic (exact) mass is 355 g/mol. The van der Waals surface area contributed by atoms with E-state index in [1.165, 1.54) is 16.4 Å². The van der Waals surface area contributed by atoms with E-state index in [4.69, 9.17) is 10.5 Å². The minimum absolute atomic E-state index is 0.0979. The lowest BCUT2D eigenvalue weighted by atomic mass is 10.2. The SMILES string of the molecule is N#CCCN(CCC#N)S(=O)(=O)c1ccc(CBr)cc1. The Hall–Kier alpha value is -1.41. The lowest BCUT2D eigenvalue weighted by Gasteiger charge is -2.20. The summed E-state index contributed by atoms with van der Waals surface area (Å²) in [5, 5.41) is 17.9. The van der Waals surface area contributed by atoms with Crippen LogP contribution in [0, 0.1) is 22.7 Å². The summed E-state index contributed by atoms with van der Waals surface area (Å²) in [5.74, 6) is 0. The molecule has 0 atom stereocenters. The average Bonchev–Trinajstić information content (AvgIpc) is 2.47. The van der Waals surface area contributed by atoms with Crippen LogP contribution in [-0.2, 0) is 15.4 Å². The summed E-state index contributed by atoms with van der Waals surface area (Å²) < 4.78 is 26.1. The molecule has 0 amide bonds. The van der Waals surface area contributed by atoms with E-state index in [2.05, 4.69) is 15.9 Å². The van der Waals surface area contributed by atoms with Gasteiger partial charge in [-0.1, -0.05) is 28.1 Å². The minimum atomic E-state index is -3.65. The summed E-state index contributed by atoms with van der Waals surface area (Å²) in [7, 11) is -3.65. The highest BCUT2D eigenvalue weighted by molar-refractivity contribution is 9.08. The molecule has 1 rings (SSSR count). The smallest absolute Gasteiger partial charge is 0.207 e. The van der Waals surface area contributed by atoms with Gasteiger partial charge in [0.1, 0.15) is 0 Å². The Balaban J connectivity index is 3.01. The van der Waals surface area contributed by atoms with Gasteiger partial charge in [0, 0.05) is 31.3 Å². The highest BCUT2D eigenvalue weighted by Gasteiger charge is 2.23. The molecule has 0 saturated carbocycles. The number of hydrogen-bond acceptors (Lipinski definition) is 4. The van der Waals surface area contributed by atoms with Crippen molar-refractivity contribution in [3.63, 3.8) is 0 Å². The van der Waals surface area contributed by atoms with Crippen LogP contribution in [0.3, 0.4) is 0 Å². The molecule has 7 heteroatoms. The van der Waals surface area contributed by atoms with Crippen LogP contribution in [0.1, 0.15) is 18.4 Å². The number of halogens is 1. The maximum absolute atomic E-state index is 12.4. The van der Waals surface area contributed by atoms with Crippen molar-refractivity contribution in [3.05, 3.63) is 29.8 Å². The number of benzene rings is 1. The molecule has 0 saturated heterocycles. The number of rotatable bonds is 7. The van der Waals surface area contributed by atoms with Crippen LogP contribution < -0.4 is 0 Å². The first-order chi connectivity index (χ1) is 9.56. The van der Waals surface area contributed by atoms with Gasteiger partial charge >= 0.3 is 0 Å². The number of hydrogen-bond donors (Lipinski definition) is 0. The highest BCUT2D eigenvalue weighted by Crippen LogP contribution is 2.18. The van der Waals surface area contributed by atoms with Gasteiger partial charge in [-0.05, 0) is 17.7 Å². The molecule has 0 bridgehead atoms. The van der Waals surface area contributed by atoms with Crippen LogP contribution in [0.4, 0.5) is 0 Å². The first-order valence-corrected chi connectivity index (χ1v) is 8.51. The van der Waals surface area contributed by atoms with Crippen molar-refractivity contribution in [1.82, 2.24) is 4.31 Å². The van der Waals surface area contributed by atoms with Crippen molar-refractivity contribution in [2.45, 2.75) is 23.1 Å². The molecule has 0 unspecified atom stereocenters. The van der Waals surface area contributed by atoms with Gasteiger partial charge in [-0.2, -0.15) is 14.8 Å². The zero-order valence-corrected chi connectivity index (χ0v) is 13.2. The number of nitriles is 2. The lowest BCUT2D eigenvalue weighted by Crippen LogP contribution is -2.32. The largest absolute Gasteiger partial charge is 0.243 e. The summed E-state index contributed by atoms with van der Waals surface area (Å²) in [4.78, 5) is 0.179. The second kappa shape index (κ2) is 8.01. The molecular weight excluding hydrogens is 342 g/mol. The van der Waals surface area contributed by atoms with Crippen molar-refractivity contribution in [2.75, 3.05) is 13.1 Å². The van der Waals surface area contributed by atoms with Gasteiger partial charge in [0.15, 0.2) is 0 Å². The van der Waals surface area contributed by atoms with E-state index in [1.54, 1.807) is 12.1 Å². The Kier molecular flexibility index (Phi) is 6.66. The van der Waals surface area contributed by atoms with Crippen LogP contribution in [0.15, 0.2) is 29.2 Å². The van der Waals surface area contributed by atoms with E-state index in [9.17, 15) is 8.42 Å². The van der Waals surface area contributed by atoms with Crippen molar-refractivity contribution in [3.8, 4) is 12.1 Å². The van der Waals surface area contributed by atoms with Crippen molar-refractivity contribution in [1.29, 1.82) is 10.5 Å². The quantitative estimate of drug-likeness (QED) is 0.702. The van der Waals surface area contributed by atoms with Crippen LogP contribution >= 0.6 is 15.9 Å². The van der Waals surface area contributed by atoms with Gasteiger partial charge in [-0.3, -0.25) is 0 Å². The summed E-state index contributed by atoms with van der Waals surface area (Å²) in [6, 6.07) is 10.4. The van der Waals surface area contributed by atoms with Gasteiger partial charge in [0.2, 0.25) is 10.0 Å². The maximum Gasteiger partial charge on any atom is 0.243 e. The van der Waals surface area contributed by atoms with Crippen molar-refractivity contribution >= 4 is 26.0 Å². The zero-order valence-electron chi connectivity index (χ0n) is 10.8. The molecule has 106 valence electrons. The molecule has 0 N–H and O–H groups in total. The zero-order chi connectivity index (χ0) is 15.0. The van der Waals surface area contributed by atoms with Gasteiger partial charge in [-0.25, -0.2) is 8.42 Å². The van der Waals surface area contributed by atoms with Gasteiger partial charge in [0.25, 0.3) is 0 Å². The van der Waals surface area contributed by atoms with Gasteiger partial charge < -0.3 is 0 Å². The number of nitrogens with zero attached hydrogens (tertiary/aromatic N) is 3. The average molecular weight is 356 g/mol. The normalized spacial score (nSPS) is 11.0. The van der Waals surface area contributed by atoms with E-state index in [0.29, 0.717) is 5.33 Å². The van der Waals surface area contributed by atoms with Crippen LogP contribution in [0.5, 0.6) is 0 Å². The molecule has 1 aromatic rings. The standard InChI is InChI=1S/C13H14BrN3O2S/c14-11-12-3-5-13(6-4-12)20(18,19)17(9-1-7-15)10-2-8-16/h3-6H,1-2,9-11H2. The third kappa shape index (κ3) is 4.31. The van der Waals surface area contributed by atoms with E-state index >= 15 is 0 Å². The van der Waals surface area contributed by atoms with E-state index < -0.39 is 10.0 Å². The predicted octanol–water partition coefficient (Wildman–Crippen LogP) is 2.40. The van der Waals surface area contributed by atoms with E-state index in [1.807, 2.05) is 12.1 Å². The molecule has 1 aromatic carbocycles. The molecule has 0 heterocycles. The minimum Gasteiger partial charge on any atom is -0.207 e. The van der Waals surface area contributed by atoms with E-state index in [0.717, 1.165) is 5.56 Å². The van der Waals surface area contributed by atoms with Crippen LogP contribution in [-0.4, -0.2) is 25.8 Å². The third-order valence-electron chi connectivity index (χ3n) is 2.66. The molecule has 0 aliphatic carbocycles. The molecule has 0 aliphatic rings. The highest BCUT2D eigenvalue weighted by atomic mass is 79.9. The molecule has 0 aliphatic heterocycles. The van der Waals surface area contributed by atoms with Crippen molar-refractivity contribution in [2.24, 2.45) is 0 Å². The van der Waals surface area contributed by atoms with Gasteiger partial charge in [0.05, 0.1) is 17.0 Å². The molecule has 0 radical (unpaired) electrons. The summed E-state index contributed by atoms with van der Waals surface area (Å²) in [6.07, 6.45) is 0.203. The predicted molar refractivity (Wildman–Crippen MR) is 78.3 cm³/mol. The van der Waals surface area contributed by atoms with Crippen molar-refractivity contribution < 1.29 is 8.42 Å². The molecular formula is C13H14BrN3O2S. The Labute approximate surface area is 127 Å².